The monoisotopic (exact) mass is 266 g/mol. The highest BCUT2D eigenvalue weighted by Crippen LogP contribution is 2.35. The van der Waals surface area contributed by atoms with Crippen molar-refractivity contribution in [3.63, 3.8) is 0 Å². The van der Waals surface area contributed by atoms with Crippen LogP contribution in [-0.4, -0.2) is 17.2 Å². The maximum Gasteiger partial charge on any atom is 0.221 e. The lowest BCUT2D eigenvalue weighted by Gasteiger charge is -1.95. The second kappa shape index (κ2) is 4.77. The number of anilines is 1. The van der Waals surface area contributed by atoms with Crippen molar-refractivity contribution < 1.29 is 9.59 Å². The molecule has 1 N–H and O–H groups in total. The van der Waals surface area contributed by atoms with Gasteiger partial charge in [-0.3, -0.25) is 9.59 Å². The van der Waals surface area contributed by atoms with Crippen molar-refractivity contribution >= 4 is 39.9 Å². The molecule has 0 saturated carbocycles. The van der Waals surface area contributed by atoms with Crippen LogP contribution < -0.4 is 5.32 Å². The summed E-state index contributed by atoms with van der Waals surface area (Å²) in [6, 6.07) is 3.63. The number of carbonyl (C=O) groups excluding carboxylic acids is 2. The molecule has 2 aromatic heterocycles. The van der Waals surface area contributed by atoms with E-state index in [1.807, 2.05) is 13.0 Å². The van der Waals surface area contributed by atoms with E-state index in [4.69, 9.17) is 0 Å². The highest BCUT2D eigenvalue weighted by atomic mass is 32.1. The molecule has 0 aliphatic rings. The number of thiophene rings is 1. The predicted octanol–water partition coefficient (Wildman–Crippen LogP) is 2.95. The Morgan fingerprint density at radius 2 is 2.18 bits per heavy atom. The molecule has 0 saturated heterocycles. The quantitative estimate of drug-likeness (QED) is 0.869. The lowest BCUT2D eigenvalue weighted by molar-refractivity contribution is -0.114. The Morgan fingerprint density at radius 3 is 2.76 bits per heavy atom. The van der Waals surface area contributed by atoms with Crippen LogP contribution in [-0.2, 0) is 4.79 Å². The number of rotatable bonds is 3. The van der Waals surface area contributed by atoms with Gasteiger partial charge in [-0.1, -0.05) is 11.3 Å². The number of aryl methyl sites for hydroxylation is 1. The zero-order valence-corrected chi connectivity index (χ0v) is 10.9. The molecule has 4 nitrogen and oxygen atoms in total. The van der Waals surface area contributed by atoms with Gasteiger partial charge < -0.3 is 5.32 Å². The Bertz CT molecular complexity index is 572. The van der Waals surface area contributed by atoms with Crippen molar-refractivity contribution in [2.45, 2.75) is 13.8 Å². The third-order valence-corrected chi connectivity index (χ3v) is 4.29. The Labute approximate surface area is 106 Å². The average Bonchev–Trinajstić information content (AvgIpc) is 2.85. The first-order chi connectivity index (χ1) is 8.10. The molecule has 0 aliphatic heterocycles. The molecule has 2 rings (SSSR count). The molecule has 0 unspecified atom stereocenters. The van der Waals surface area contributed by atoms with E-state index in [0.717, 1.165) is 26.9 Å². The van der Waals surface area contributed by atoms with Crippen LogP contribution in [0.3, 0.4) is 0 Å². The average molecular weight is 266 g/mol. The minimum absolute atomic E-state index is 0.108. The summed E-state index contributed by atoms with van der Waals surface area (Å²) < 4.78 is 0. The van der Waals surface area contributed by atoms with Crippen LogP contribution in [0.5, 0.6) is 0 Å². The van der Waals surface area contributed by atoms with Crippen LogP contribution >= 0.6 is 22.7 Å². The fraction of sp³-hybridized carbons (Fsp3) is 0.182. The Kier molecular flexibility index (Phi) is 3.35. The number of aldehydes is 1. The van der Waals surface area contributed by atoms with E-state index in [-0.39, 0.29) is 5.91 Å². The summed E-state index contributed by atoms with van der Waals surface area (Å²) in [5, 5.41) is 4.32. The molecule has 0 atom stereocenters. The summed E-state index contributed by atoms with van der Waals surface area (Å²) in [5.41, 5.74) is 0.793. The number of thiazole rings is 1. The van der Waals surface area contributed by atoms with E-state index in [9.17, 15) is 9.59 Å². The van der Waals surface area contributed by atoms with Gasteiger partial charge in [0.1, 0.15) is 10.0 Å². The molecule has 0 aliphatic carbocycles. The highest BCUT2D eigenvalue weighted by Gasteiger charge is 2.12. The molecule has 6 heteroatoms. The van der Waals surface area contributed by atoms with Gasteiger partial charge in [0.2, 0.25) is 5.91 Å². The molecule has 88 valence electrons. The second-order valence-electron chi connectivity index (χ2n) is 3.43. The standard InChI is InChI=1S/C11H10N2O2S2/c1-6-10(13-7(2)15)17-11(12-6)9-4-3-8(5-14)16-9/h3-5H,1-2H3,(H,13,15). The predicted molar refractivity (Wildman–Crippen MR) is 69.9 cm³/mol. The Morgan fingerprint density at radius 1 is 1.41 bits per heavy atom. The summed E-state index contributed by atoms with van der Waals surface area (Å²) in [7, 11) is 0. The van der Waals surface area contributed by atoms with E-state index < -0.39 is 0 Å². The molecular formula is C11H10N2O2S2. The highest BCUT2D eigenvalue weighted by molar-refractivity contribution is 7.24. The molecule has 17 heavy (non-hydrogen) atoms. The van der Waals surface area contributed by atoms with Crippen molar-refractivity contribution in [1.82, 2.24) is 4.98 Å². The largest absolute Gasteiger partial charge is 0.316 e. The first kappa shape index (κ1) is 11.9. The molecule has 0 bridgehead atoms. The maximum atomic E-state index is 11.0. The van der Waals surface area contributed by atoms with Crippen LogP contribution in [0.25, 0.3) is 9.88 Å². The zero-order valence-electron chi connectivity index (χ0n) is 9.31. The lowest BCUT2D eigenvalue weighted by atomic mass is 10.4. The molecule has 0 spiro atoms. The molecule has 1 amide bonds. The minimum atomic E-state index is -0.108. The topological polar surface area (TPSA) is 59.1 Å². The van der Waals surface area contributed by atoms with Gasteiger partial charge in [0, 0.05) is 6.92 Å². The number of nitrogens with one attached hydrogen (secondary N) is 1. The fourth-order valence-electron chi connectivity index (χ4n) is 1.31. The van der Waals surface area contributed by atoms with Crippen molar-refractivity contribution in [2.24, 2.45) is 0 Å². The maximum absolute atomic E-state index is 11.0. The van der Waals surface area contributed by atoms with Crippen molar-refractivity contribution in [2.75, 3.05) is 5.32 Å². The third kappa shape index (κ3) is 2.59. The van der Waals surface area contributed by atoms with Gasteiger partial charge in [0.15, 0.2) is 6.29 Å². The summed E-state index contributed by atoms with van der Waals surface area (Å²) in [6.45, 7) is 3.31. The van der Waals surface area contributed by atoms with Gasteiger partial charge in [-0.05, 0) is 19.1 Å². The number of nitrogens with zero attached hydrogens (tertiary/aromatic N) is 1. The first-order valence-corrected chi connectivity index (χ1v) is 6.54. The van der Waals surface area contributed by atoms with Gasteiger partial charge in [-0.2, -0.15) is 0 Å². The minimum Gasteiger partial charge on any atom is -0.316 e. The molecule has 0 radical (unpaired) electrons. The fourth-order valence-corrected chi connectivity index (χ4v) is 3.20. The van der Waals surface area contributed by atoms with E-state index in [0.29, 0.717) is 4.88 Å². The summed E-state index contributed by atoms with van der Waals surface area (Å²) >= 11 is 2.81. The second-order valence-corrected chi connectivity index (χ2v) is 5.55. The van der Waals surface area contributed by atoms with Crippen LogP contribution in [0.1, 0.15) is 22.3 Å². The summed E-state index contributed by atoms with van der Waals surface area (Å²) in [4.78, 5) is 27.6. The molecule has 0 fully saturated rings. The third-order valence-electron chi connectivity index (χ3n) is 2.04. The summed E-state index contributed by atoms with van der Waals surface area (Å²) in [5.74, 6) is -0.108. The number of amides is 1. The van der Waals surface area contributed by atoms with Crippen molar-refractivity contribution in [1.29, 1.82) is 0 Å². The number of carbonyl (C=O) groups is 2. The normalized spacial score (nSPS) is 10.2. The zero-order chi connectivity index (χ0) is 12.4. The molecule has 2 heterocycles. The smallest absolute Gasteiger partial charge is 0.221 e. The van der Waals surface area contributed by atoms with Crippen LogP contribution in [0.4, 0.5) is 5.00 Å². The molecule has 0 aromatic carbocycles. The van der Waals surface area contributed by atoms with Gasteiger partial charge in [-0.25, -0.2) is 4.98 Å². The molecular weight excluding hydrogens is 256 g/mol. The van der Waals surface area contributed by atoms with E-state index in [2.05, 4.69) is 10.3 Å². The first-order valence-electron chi connectivity index (χ1n) is 4.90. The van der Waals surface area contributed by atoms with Crippen LogP contribution in [0, 0.1) is 6.92 Å². The van der Waals surface area contributed by atoms with Crippen molar-refractivity contribution in [3.05, 3.63) is 22.7 Å². The van der Waals surface area contributed by atoms with E-state index in [1.54, 1.807) is 6.07 Å². The van der Waals surface area contributed by atoms with Gasteiger partial charge >= 0.3 is 0 Å². The van der Waals surface area contributed by atoms with Crippen LogP contribution in [0.2, 0.25) is 0 Å². The van der Waals surface area contributed by atoms with E-state index >= 15 is 0 Å². The Balaban J connectivity index is 2.33. The number of aromatic nitrogens is 1. The van der Waals surface area contributed by atoms with Crippen LogP contribution in [0.15, 0.2) is 12.1 Å². The van der Waals surface area contributed by atoms with Gasteiger partial charge in [-0.15, -0.1) is 11.3 Å². The SMILES string of the molecule is CC(=O)Nc1sc(-c2ccc(C=O)s2)nc1C. The lowest BCUT2D eigenvalue weighted by Crippen LogP contribution is -2.04. The summed E-state index contributed by atoms with van der Waals surface area (Å²) in [6.07, 6.45) is 0.823. The Hall–Kier alpha value is -1.53. The van der Waals surface area contributed by atoms with E-state index in [1.165, 1.54) is 29.6 Å². The molecule has 2 aromatic rings. The number of hydrogen-bond acceptors (Lipinski definition) is 5. The van der Waals surface area contributed by atoms with Gasteiger partial charge in [0.25, 0.3) is 0 Å². The van der Waals surface area contributed by atoms with Crippen molar-refractivity contribution in [3.8, 4) is 9.88 Å². The van der Waals surface area contributed by atoms with Gasteiger partial charge in [0.05, 0.1) is 15.4 Å². The number of hydrogen-bond donors (Lipinski definition) is 1.